The number of nitrogens with zero attached hydrogens (tertiary/aromatic N) is 1. The molecule has 4 nitrogen and oxygen atoms in total. The fraction of sp³-hybridized carbons (Fsp3) is 0.111. The highest BCUT2D eigenvalue weighted by atomic mass is 35.5. The van der Waals surface area contributed by atoms with E-state index in [4.69, 9.17) is 16.3 Å². The lowest BCUT2D eigenvalue weighted by Crippen LogP contribution is -2.30. The van der Waals surface area contributed by atoms with Gasteiger partial charge in [0.25, 0.3) is 5.91 Å². The van der Waals surface area contributed by atoms with Gasteiger partial charge >= 0.3 is 0 Å². The van der Waals surface area contributed by atoms with Gasteiger partial charge in [-0.3, -0.25) is 10.1 Å². The molecule has 24 heavy (non-hydrogen) atoms. The molecule has 0 unspecified atom stereocenters. The van der Waals surface area contributed by atoms with Crippen LogP contribution in [0.3, 0.4) is 0 Å². The molecular weight excluding hydrogens is 344 g/mol. The molecule has 2 aromatic carbocycles. The largest absolute Gasteiger partial charge is 0.481 e. The van der Waals surface area contributed by atoms with Crippen LogP contribution in [0.5, 0.6) is 5.75 Å². The number of nitrogens with one attached hydrogen (secondary N) is 1. The smallest absolute Gasteiger partial charge is 0.266 e. The molecule has 0 aliphatic carbocycles. The van der Waals surface area contributed by atoms with Crippen molar-refractivity contribution in [2.24, 2.45) is 0 Å². The summed E-state index contributed by atoms with van der Waals surface area (Å²) in [5, 5.41) is 5.77. The Morgan fingerprint density at radius 2 is 1.88 bits per heavy atom. The molecule has 3 aromatic rings. The van der Waals surface area contributed by atoms with E-state index in [2.05, 4.69) is 10.3 Å². The molecule has 1 aromatic heterocycles. The topological polar surface area (TPSA) is 51.2 Å². The first-order valence-corrected chi connectivity index (χ1v) is 8.62. The molecule has 0 fully saturated rings. The summed E-state index contributed by atoms with van der Waals surface area (Å²) in [5.74, 6) is 0.398. The van der Waals surface area contributed by atoms with Crippen LogP contribution in [0.2, 0.25) is 5.02 Å². The maximum Gasteiger partial charge on any atom is 0.266 e. The van der Waals surface area contributed by atoms with E-state index >= 15 is 0 Å². The zero-order chi connectivity index (χ0) is 16.9. The summed E-state index contributed by atoms with van der Waals surface area (Å²) in [4.78, 5) is 16.7. The van der Waals surface area contributed by atoms with Gasteiger partial charge in [-0.25, -0.2) is 4.98 Å². The molecule has 0 aliphatic rings. The third kappa shape index (κ3) is 3.93. The van der Waals surface area contributed by atoms with Crippen LogP contribution in [0, 0.1) is 0 Å². The summed E-state index contributed by atoms with van der Waals surface area (Å²) in [6.45, 7) is 1.70. The first-order valence-electron chi connectivity index (χ1n) is 7.36. The summed E-state index contributed by atoms with van der Waals surface area (Å²) in [6.07, 6.45) is -0.625. The number of carbonyl (C=O) groups is 1. The maximum absolute atomic E-state index is 12.2. The van der Waals surface area contributed by atoms with Crippen molar-refractivity contribution in [3.63, 3.8) is 0 Å². The van der Waals surface area contributed by atoms with E-state index in [1.165, 1.54) is 11.3 Å². The molecule has 1 atom stereocenters. The van der Waals surface area contributed by atoms with Gasteiger partial charge in [-0.05, 0) is 25.1 Å². The van der Waals surface area contributed by atoms with Gasteiger partial charge in [0.1, 0.15) is 5.75 Å². The zero-order valence-corrected chi connectivity index (χ0v) is 14.5. The van der Waals surface area contributed by atoms with Crippen LogP contribution in [0.25, 0.3) is 11.3 Å². The minimum atomic E-state index is -0.625. The van der Waals surface area contributed by atoms with E-state index in [9.17, 15) is 4.79 Å². The average molecular weight is 359 g/mol. The molecular formula is C18H15ClN2O2S. The Balaban J connectivity index is 1.66. The van der Waals surface area contributed by atoms with Gasteiger partial charge in [0.2, 0.25) is 0 Å². The van der Waals surface area contributed by atoms with Crippen molar-refractivity contribution in [1.29, 1.82) is 0 Å². The van der Waals surface area contributed by atoms with E-state index in [0.717, 1.165) is 11.3 Å². The number of halogens is 1. The molecule has 0 saturated heterocycles. The fourth-order valence-corrected chi connectivity index (χ4v) is 3.03. The predicted molar refractivity (Wildman–Crippen MR) is 97.7 cm³/mol. The van der Waals surface area contributed by atoms with Crippen molar-refractivity contribution in [2.45, 2.75) is 13.0 Å². The van der Waals surface area contributed by atoms with Gasteiger partial charge < -0.3 is 4.74 Å². The fourth-order valence-electron chi connectivity index (χ4n) is 2.09. The number of para-hydroxylation sites is 1. The lowest BCUT2D eigenvalue weighted by Gasteiger charge is -2.13. The number of thiazole rings is 1. The Bertz CT molecular complexity index is 836. The van der Waals surface area contributed by atoms with E-state index in [1.807, 2.05) is 60.0 Å². The second kappa shape index (κ2) is 7.47. The van der Waals surface area contributed by atoms with Crippen molar-refractivity contribution in [2.75, 3.05) is 5.32 Å². The highest BCUT2D eigenvalue weighted by molar-refractivity contribution is 7.14. The third-order valence-corrected chi connectivity index (χ3v) is 4.40. The summed E-state index contributed by atoms with van der Waals surface area (Å²) in [6, 6.07) is 16.7. The molecule has 0 bridgehead atoms. The van der Waals surface area contributed by atoms with E-state index < -0.39 is 6.10 Å². The number of carbonyl (C=O) groups excluding carboxylic acids is 1. The van der Waals surface area contributed by atoms with Gasteiger partial charge in [0.15, 0.2) is 11.2 Å². The highest BCUT2D eigenvalue weighted by Gasteiger charge is 2.17. The number of hydrogen-bond donors (Lipinski definition) is 1. The quantitative estimate of drug-likeness (QED) is 0.707. The summed E-state index contributed by atoms with van der Waals surface area (Å²) in [5.41, 5.74) is 1.57. The van der Waals surface area contributed by atoms with Crippen LogP contribution in [-0.2, 0) is 4.79 Å². The minimum Gasteiger partial charge on any atom is -0.481 e. The van der Waals surface area contributed by atoms with Crippen LogP contribution in [-0.4, -0.2) is 17.0 Å². The van der Waals surface area contributed by atoms with Crippen molar-refractivity contribution in [3.8, 4) is 17.0 Å². The number of ether oxygens (including phenoxy) is 1. The van der Waals surface area contributed by atoms with Gasteiger partial charge in [-0.15, -0.1) is 11.3 Å². The van der Waals surface area contributed by atoms with Gasteiger partial charge in [-0.1, -0.05) is 48.0 Å². The van der Waals surface area contributed by atoms with E-state index in [0.29, 0.717) is 15.9 Å². The molecule has 3 rings (SSSR count). The Hall–Kier alpha value is -2.37. The Labute approximate surface area is 149 Å². The van der Waals surface area contributed by atoms with E-state index in [-0.39, 0.29) is 5.91 Å². The summed E-state index contributed by atoms with van der Waals surface area (Å²) >= 11 is 7.52. The average Bonchev–Trinajstić information content (AvgIpc) is 3.04. The predicted octanol–water partition coefficient (Wildman–Crippen LogP) is 4.87. The lowest BCUT2D eigenvalue weighted by molar-refractivity contribution is -0.122. The third-order valence-electron chi connectivity index (χ3n) is 3.31. The first kappa shape index (κ1) is 16.5. The Kier molecular flexibility index (Phi) is 5.13. The maximum atomic E-state index is 12.2. The first-order chi connectivity index (χ1) is 11.6. The molecule has 1 N–H and O–H groups in total. The number of benzene rings is 2. The Morgan fingerprint density at radius 3 is 2.62 bits per heavy atom. The summed E-state index contributed by atoms with van der Waals surface area (Å²) < 4.78 is 5.60. The molecule has 6 heteroatoms. The van der Waals surface area contributed by atoms with Crippen LogP contribution < -0.4 is 10.1 Å². The number of aromatic nitrogens is 1. The monoisotopic (exact) mass is 358 g/mol. The van der Waals surface area contributed by atoms with Crippen molar-refractivity contribution in [3.05, 3.63) is 65.0 Å². The van der Waals surface area contributed by atoms with Crippen molar-refractivity contribution >= 4 is 34.0 Å². The number of amides is 1. The molecule has 1 amide bonds. The SMILES string of the molecule is C[C@@H](Oc1ccccc1)C(=O)Nc1nc(-c2ccccc2Cl)cs1. The van der Waals surface area contributed by atoms with E-state index in [1.54, 1.807) is 6.92 Å². The molecule has 122 valence electrons. The standard InChI is InChI=1S/C18H15ClN2O2S/c1-12(23-13-7-3-2-4-8-13)17(22)21-18-20-16(11-24-18)14-9-5-6-10-15(14)19/h2-12H,1H3,(H,20,21,22)/t12-/m1/s1. The summed E-state index contributed by atoms with van der Waals surface area (Å²) in [7, 11) is 0. The minimum absolute atomic E-state index is 0.251. The number of hydrogen-bond acceptors (Lipinski definition) is 4. The number of anilines is 1. The molecule has 0 saturated carbocycles. The van der Waals surface area contributed by atoms with Crippen LogP contribution in [0.15, 0.2) is 60.0 Å². The highest BCUT2D eigenvalue weighted by Crippen LogP contribution is 2.30. The van der Waals surface area contributed by atoms with Crippen LogP contribution in [0.4, 0.5) is 5.13 Å². The van der Waals surface area contributed by atoms with Crippen molar-refractivity contribution in [1.82, 2.24) is 4.98 Å². The van der Waals surface area contributed by atoms with Gasteiger partial charge in [-0.2, -0.15) is 0 Å². The zero-order valence-electron chi connectivity index (χ0n) is 12.9. The van der Waals surface area contributed by atoms with Gasteiger partial charge in [0.05, 0.1) is 5.69 Å². The van der Waals surface area contributed by atoms with Crippen molar-refractivity contribution < 1.29 is 9.53 Å². The molecule has 0 radical (unpaired) electrons. The number of rotatable bonds is 5. The lowest BCUT2D eigenvalue weighted by atomic mass is 10.2. The van der Waals surface area contributed by atoms with Crippen LogP contribution in [0.1, 0.15) is 6.92 Å². The second-order valence-corrected chi connectivity index (χ2v) is 6.35. The van der Waals surface area contributed by atoms with Gasteiger partial charge in [0, 0.05) is 16.0 Å². The molecule has 0 spiro atoms. The Morgan fingerprint density at radius 1 is 1.17 bits per heavy atom. The molecule has 0 aliphatic heterocycles. The second-order valence-electron chi connectivity index (χ2n) is 5.08. The van der Waals surface area contributed by atoms with Crippen LogP contribution >= 0.6 is 22.9 Å². The normalized spacial score (nSPS) is 11.8. The molecule has 1 heterocycles.